The van der Waals surface area contributed by atoms with Gasteiger partial charge < -0.3 is 0 Å². The summed E-state index contributed by atoms with van der Waals surface area (Å²) < 4.78 is 1.71. The summed E-state index contributed by atoms with van der Waals surface area (Å²) in [6.45, 7) is 4.68. The van der Waals surface area contributed by atoms with Crippen molar-refractivity contribution in [2.24, 2.45) is 0 Å². The molecule has 0 saturated heterocycles. The second-order valence-corrected chi connectivity index (χ2v) is 3.73. The highest BCUT2D eigenvalue weighted by Crippen LogP contribution is 2.10. The molecule has 0 fully saturated rings. The maximum atomic E-state index is 12.1. The van der Waals surface area contributed by atoms with E-state index >= 15 is 0 Å². The van der Waals surface area contributed by atoms with E-state index in [2.05, 4.69) is 5.10 Å². The van der Waals surface area contributed by atoms with Gasteiger partial charge in [-0.1, -0.05) is 29.8 Å². The van der Waals surface area contributed by atoms with Crippen LogP contribution in [-0.2, 0) is 6.54 Å². The van der Waals surface area contributed by atoms with Gasteiger partial charge in [0, 0.05) is 18.3 Å². The molecule has 2 rings (SSSR count). The van der Waals surface area contributed by atoms with E-state index in [1.54, 1.807) is 16.9 Å². The Bertz CT molecular complexity index is 497. The predicted molar refractivity (Wildman–Crippen MR) is 62.5 cm³/mol. The smallest absolute Gasteiger partial charge is 0.211 e. The molecule has 0 aliphatic heterocycles. The van der Waals surface area contributed by atoms with Gasteiger partial charge in [0.15, 0.2) is 0 Å². The maximum absolute atomic E-state index is 12.1. The van der Waals surface area contributed by atoms with Crippen LogP contribution in [-0.4, -0.2) is 15.6 Å². The number of ketones is 1. The minimum Gasteiger partial charge on any atom is -0.287 e. The summed E-state index contributed by atoms with van der Waals surface area (Å²) in [5.41, 5.74) is 2.51. The Morgan fingerprint density at radius 1 is 1.25 bits per heavy atom. The monoisotopic (exact) mass is 214 g/mol. The Morgan fingerprint density at radius 2 is 1.94 bits per heavy atom. The first kappa shape index (κ1) is 10.6. The summed E-state index contributed by atoms with van der Waals surface area (Å²) in [5.74, 6) is 0.0272. The molecule has 3 nitrogen and oxygen atoms in total. The fourth-order valence-corrected chi connectivity index (χ4v) is 1.63. The number of nitrogens with zero attached hydrogens (tertiary/aromatic N) is 2. The molecule has 0 bridgehead atoms. The van der Waals surface area contributed by atoms with Gasteiger partial charge in [0.05, 0.1) is 0 Å². The predicted octanol–water partition coefficient (Wildman–Crippen LogP) is 2.44. The third kappa shape index (κ3) is 1.89. The SMILES string of the molecule is CCn1nccc1C(=O)c1ccc(C)cc1. The van der Waals surface area contributed by atoms with E-state index in [1.807, 2.05) is 38.1 Å². The first-order chi connectivity index (χ1) is 7.72. The highest BCUT2D eigenvalue weighted by Gasteiger charge is 2.12. The van der Waals surface area contributed by atoms with Crippen molar-refractivity contribution in [3.63, 3.8) is 0 Å². The molecule has 2 aromatic rings. The molecule has 0 aliphatic carbocycles. The fraction of sp³-hybridized carbons (Fsp3) is 0.231. The van der Waals surface area contributed by atoms with Gasteiger partial charge in [0.25, 0.3) is 0 Å². The van der Waals surface area contributed by atoms with Crippen molar-refractivity contribution in [1.82, 2.24) is 9.78 Å². The molecule has 0 aliphatic rings. The minimum atomic E-state index is 0.0272. The number of hydrogen-bond donors (Lipinski definition) is 0. The molecule has 0 atom stereocenters. The quantitative estimate of drug-likeness (QED) is 0.735. The molecular weight excluding hydrogens is 200 g/mol. The van der Waals surface area contributed by atoms with Crippen molar-refractivity contribution in [3.05, 3.63) is 53.3 Å². The number of benzene rings is 1. The lowest BCUT2D eigenvalue weighted by Crippen LogP contribution is -2.10. The van der Waals surface area contributed by atoms with Gasteiger partial charge in [0.1, 0.15) is 5.69 Å². The van der Waals surface area contributed by atoms with Crippen molar-refractivity contribution in [3.8, 4) is 0 Å². The Labute approximate surface area is 94.7 Å². The Hall–Kier alpha value is -1.90. The van der Waals surface area contributed by atoms with Crippen LogP contribution in [0, 0.1) is 6.92 Å². The van der Waals surface area contributed by atoms with Crippen LogP contribution in [0.3, 0.4) is 0 Å². The molecule has 0 spiro atoms. The fourth-order valence-electron chi connectivity index (χ4n) is 1.63. The zero-order chi connectivity index (χ0) is 11.5. The average Bonchev–Trinajstić information content (AvgIpc) is 2.77. The van der Waals surface area contributed by atoms with E-state index in [9.17, 15) is 4.79 Å². The van der Waals surface area contributed by atoms with Gasteiger partial charge in [-0.3, -0.25) is 9.48 Å². The first-order valence-electron chi connectivity index (χ1n) is 5.35. The van der Waals surface area contributed by atoms with Crippen LogP contribution in [0.25, 0.3) is 0 Å². The molecule has 1 aromatic heterocycles. The van der Waals surface area contributed by atoms with Gasteiger partial charge in [-0.25, -0.2) is 0 Å². The van der Waals surface area contributed by atoms with E-state index < -0.39 is 0 Å². The van der Waals surface area contributed by atoms with Gasteiger partial charge >= 0.3 is 0 Å². The van der Waals surface area contributed by atoms with Crippen LogP contribution in [0.1, 0.15) is 28.5 Å². The number of rotatable bonds is 3. The highest BCUT2D eigenvalue weighted by atomic mass is 16.1. The zero-order valence-corrected chi connectivity index (χ0v) is 9.47. The molecule has 3 heteroatoms. The summed E-state index contributed by atoms with van der Waals surface area (Å²) >= 11 is 0. The summed E-state index contributed by atoms with van der Waals surface area (Å²) in [6, 6.07) is 9.35. The molecule has 0 saturated carbocycles. The Kier molecular flexibility index (Phi) is 2.86. The summed E-state index contributed by atoms with van der Waals surface area (Å²) in [4.78, 5) is 12.1. The largest absolute Gasteiger partial charge is 0.287 e. The molecular formula is C13H14N2O. The van der Waals surface area contributed by atoms with E-state index in [-0.39, 0.29) is 5.78 Å². The third-order valence-electron chi connectivity index (χ3n) is 2.56. The van der Waals surface area contributed by atoms with Crippen LogP contribution in [0.5, 0.6) is 0 Å². The van der Waals surface area contributed by atoms with Crippen molar-refractivity contribution >= 4 is 5.78 Å². The van der Waals surface area contributed by atoms with Crippen molar-refractivity contribution in [2.45, 2.75) is 20.4 Å². The minimum absolute atomic E-state index is 0.0272. The topological polar surface area (TPSA) is 34.9 Å². The number of hydrogen-bond acceptors (Lipinski definition) is 2. The van der Waals surface area contributed by atoms with E-state index in [4.69, 9.17) is 0 Å². The zero-order valence-electron chi connectivity index (χ0n) is 9.47. The van der Waals surface area contributed by atoms with Gasteiger partial charge in [-0.15, -0.1) is 0 Å². The Morgan fingerprint density at radius 3 is 2.56 bits per heavy atom. The van der Waals surface area contributed by atoms with Crippen LogP contribution >= 0.6 is 0 Å². The molecule has 0 unspecified atom stereocenters. The van der Waals surface area contributed by atoms with E-state index in [1.165, 1.54) is 0 Å². The molecule has 82 valence electrons. The van der Waals surface area contributed by atoms with Gasteiger partial charge in [-0.05, 0) is 19.9 Å². The second kappa shape index (κ2) is 4.31. The summed E-state index contributed by atoms with van der Waals surface area (Å²) in [7, 11) is 0. The van der Waals surface area contributed by atoms with E-state index in [0.29, 0.717) is 17.8 Å². The summed E-state index contributed by atoms with van der Waals surface area (Å²) in [5, 5.41) is 4.09. The van der Waals surface area contributed by atoms with Crippen LogP contribution in [0.15, 0.2) is 36.5 Å². The molecule has 0 radical (unpaired) electrons. The lowest BCUT2D eigenvalue weighted by molar-refractivity contribution is 0.102. The number of carbonyl (C=O) groups is 1. The lowest BCUT2D eigenvalue weighted by atomic mass is 10.1. The third-order valence-corrected chi connectivity index (χ3v) is 2.56. The lowest BCUT2D eigenvalue weighted by Gasteiger charge is -2.04. The molecule has 16 heavy (non-hydrogen) atoms. The molecule has 0 amide bonds. The van der Waals surface area contributed by atoms with Gasteiger partial charge in [-0.2, -0.15) is 5.10 Å². The first-order valence-corrected chi connectivity index (χ1v) is 5.35. The number of carbonyl (C=O) groups excluding carboxylic acids is 1. The van der Waals surface area contributed by atoms with Crippen LogP contribution in [0.2, 0.25) is 0 Å². The molecule has 1 heterocycles. The van der Waals surface area contributed by atoms with Crippen LogP contribution < -0.4 is 0 Å². The molecule has 1 aromatic carbocycles. The summed E-state index contributed by atoms with van der Waals surface area (Å²) in [6.07, 6.45) is 1.66. The van der Waals surface area contributed by atoms with Crippen molar-refractivity contribution in [1.29, 1.82) is 0 Å². The van der Waals surface area contributed by atoms with Gasteiger partial charge in [0.2, 0.25) is 5.78 Å². The normalized spacial score (nSPS) is 10.4. The number of aromatic nitrogens is 2. The van der Waals surface area contributed by atoms with E-state index in [0.717, 1.165) is 5.56 Å². The standard InChI is InChI=1S/C13H14N2O/c1-3-15-12(8-9-14-15)13(16)11-6-4-10(2)5-7-11/h4-9H,3H2,1-2H3. The van der Waals surface area contributed by atoms with Crippen molar-refractivity contribution in [2.75, 3.05) is 0 Å². The van der Waals surface area contributed by atoms with Crippen LogP contribution in [0.4, 0.5) is 0 Å². The average molecular weight is 214 g/mol. The Balaban J connectivity index is 2.35. The van der Waals surface area contributed by atoms with Crippen molar-refractivity contribution < 1.29 is 4.79 Å². The number of aryl methyl sites for hydroxylation is 2. The molecule has 0 N–H and O–H groups in total. The maximum Gasteiger partial charge on any atom is 0.211 e. The highest BCUT2D eigenvalue weighted by molar-refractivity contribution is 6.07. The second-order valence-electron chi connectivity index (χ2n) is 3.73.